The van der Waals surface area contributed by atoms with Crippen molar-refractivity contribution in [2.75, 3.05) is 0 Å². The highest BCUT2D eigenvalue weighted by atomic mass is 35.5. The Morgan fingerprint density at radius 3 is 1.77 bits per heavy atom. The van der Waals surface area contributed by atoms with Crippen LogP contribution in [0.2, 0.25) is 15.1 Å². The summed E-state index contributed by atoms with van der Waals surface area (Å²) in [6, 6.07) is 49.7. The topological polar surface area (TPSA) is 0 Å². The van der Waals surface area contributed by atoms with Crippen LogP contribution in [-0.4, -0.2) is 0 Å². The maximum Gasteiger partial charge on any atom is 0.416 e. The van der Waals surface area contributed by atoms with Crippen molar-refractivity contribution in [2.24, 2.45) is 0 Å². The number of benzene rings is 7. The third-order valence-electron chi connectivity index (χ3n) is 10.7. The van der Waals surface area contributed by atoms with Crippen LogP contribution in [0, 0.1) is 17.7 Å². The molecule has 0 aliphatic heterocycles. The van der Waals surface area contributed by atoms with Crippen LogP contribution in [-0.2, 0) is 12.6 Å². The predicted octanol–water partition coefficient (Wildman–Crippen LogP) is 15.3. The van der Waals surface area contributed by atoms with E-state index in [0.717, 1.165) is 17.2 Å². The normalized spacial score (nSPS) is 14.4. The molecule has 1 radical (unpaired) electrons. The summed E-state index contributed by atoms with van der Waals surface area (Å²) in [5, 5.41) is 1.14. The van der Waals surface area contributed by atoms with Crippen molar-refractivity contribution in [1.29, 1.82) is 0 Å². The summed E-state index contributed by atoms with van der Waals surface area (Å²) in [5.41, 5.74) is 2.72. The Balaban J connectivity index is 1.64. The molecule has 0 nitrogen and oxygen atoms in total. The first-order valence-corrected chi connectivity index (χ1v) is 19.5. The number of hydrogen-bond acceptors (Lipinski definition) is 0. The zero-order valence-corrected chi connectivity index (χ0v) is 32.6. The van der Waals surface area contributed by atoms with Crippen LogP contribution in [0.4, 0.5) is 22.0 Å². The molecule has 0 aliphatic rings. The second kappa shape index (κ2) is 17.7. The maximum absolute atomic E-state index is 16.9. The van der Waals surface area contributed by atoms with Gasteiger partial charge in [-0.3, -0.25) is 0 Å². The SMILES string of the molecule is Fc1ccc(CC(c2c(Cl)cccc2Cl)C(c2ccccc2)C(c2cccc(Cl)c2)C(c2ccccc2F)C(c2cc[c]cc2)c2ccccc2C(F)(F)F)cc1. The van der Waals surface area contributed by atoms with Crippen molar-refractivity contribution < 1.29 is 22.0 Å². The minimum Gasteiger partial charge on any atom is -0.207 e. The number of rotatable bonds is 12. The van der Waals surface area contributed by atoms with Crippen molar-refractivity contribution in [2.45, 2.75) is 42.2 Å². The molecule has 0 spiro atoms. The van der Waals surface area contributed by atoms with E-state index in [4.69, 9.17) is 34.8 Å². The lowest BCUT2D eigenvalue weighted by molar-refractivity contribution is -0.138. The third kappa shape index (κ3) is 8.97. The van der Waals surface area contributed by atoms with Gasteiger partial charge in [0, 0.05) is 26.9 Å². The molecule has 0 aliphatic carbocycles. The lowest BCUT2D eigenvalue weighted by atomic mass is 9.59. The van der Waals surface area contributed by atoms with Crippen molar-refractivity contribution in [3.63, 3.8) is 0 Å². The molecule has 0 N–H and O–H groups in total. The Labute approximate surface area is 344 Å². The molecular weight excluding hydrogens is 790 g/mol. The van der Waals surface area contributed by atoms with E-state index in [-0.39, 0.29) is 17.5 Å². The second-order valence-electron chi connectivity index (χ2n) is 14.0. The summed E-state index contributed by atoms with van der Waals surface area (Å²) >= 11 is 21.0. The summed E-state index contributed by atoms with van der Waals surface area (Å²) in [5.74, 6) is -5.14. The molecule has 0 saturated carbocycles. The van der Waals surface area contributed by atoms with Gasteiger partial charge < -0.3 is 0 Å². The second-order valence-corrected chi connectivity index (χ2v) is 15.3. The molecule has 0 saturated heterocycles. The van der Waals surface area contributed by atoms with Gasteiger partial charge >= 0.3 is 6.18 Å². The van der Waals surface area contributed by atoms with E-state index in [9.17, 15) is 4.39 Å². The molecule has 7 aromatic rings. The lowest BCUT2D eigenvalue weighted by Crippen LogP contribution is -2.31. The Kier molecular flexibility index (Phi) is 12.5. The lowest BCUT2D eigenvalue weighted by Gasteiger charge is -2.44. The van der Waals surface area contributed by atoms with Crippen LogP contribution in [0.15, 0.2) is 170 Å². The van der Waals surface area contributed by atoms with E-state index in [2.05, 4.69) is 6.07 Å². The Morgan fingerprint density at radius 1 is 0.526 bits per heavy atom. The van der Waals surface area contributed by atoms with Gasteiger partial charge in [-0.15, -0.1) is 0 Å². The first-order valence-electron chi connectivity index (χ1n) is 18.4. The van der Waals surface area contributed by atoms with Crippen molar-refractivity contribution >= 4 is 34.8 Å². The van der Waals surface area contributed by atoms with E-state index < -0.39 is 53.0 Å². The van der Waals surface area contributed by atoms with Gasteiger partial charge in [0.15, 0.2) is 0 Å². The fourth-order valence-electron chi connectivity index (χ4n) is 8.40. The van der Waals surface area contributed by atoms with Gasteiger partial charge in [-0.2, -0.15) is 13.2 Å². The first-order chi connectivity index (χ1) is 27.5. The molecule has 7 aromatic carbocycles. The molecule has 7 rings (SSSR count). The monoisotopic (exact) mass is 823 g/mol. The van der Waals surface area contributed by atoms with E-state index >= 15 is 17.6 Å². The third-order valence-corrected chi connectivity index (χ3v) is 11.6. The first kappa shape index (κ1) is 40.3. The minimum atomic E-state index is -4.74. The van der Waals surface area contributed by atoms with E-state index in [1.54, 1.807) is 97.1 Å². The molecule has 0 fully saturated rings. The van der Waals surface area contributed by atoms with Gasteiger partial charge in [-0.1, -0.05) is 156 Å². The van der Waals surface area contributed by atoms with Crippen LogP contribution in [0.3, 0.4) is 0 Å². The molecule has 0 heterocycles. The highest BCUT2D eigenvalue weighted by molar-refractivity contribution is 6.36. The molecule has 8 heteroatoms. The van der Waals surface area contributed by atoms with Gasteiger partial charge in [-0.25, -0.2) is 8.78 Å². The quantitative estimate of drug-likeness (QED) is 0.108. The summed E-state index contributed by atoms with van der Waals surface area (Å²) < 4.78 is 76.9. The zero-order chi connectivity index (χ0) is 40.1. The fourth-order valence-corrected chi connectivity index (χ4v) is 9.28. The van der Waals surface area contributed by atoms with Crippen LogP contribution >= 0.6 is 34.8 Å². The highest BCUT2D eigenvalue weighted by Crippen LogP contribution is 2.59. The number of hydrogen-bond donors (Lipinski definition) is 0. The summed E-state index contributed by atoms with van der Waals surface area (Å²) in [4.78, 5) is 0. The Bertz CT molecular complexity index is 2400. The van der Waals surface area contributed by atoms with Crippen LogP contribution in [0.25, 0.3) is 0 Å². The average molecular weight is 825 g/mol. The smallest absolute Gasteiger partial charge is 0.207 e. The zero-order valence-electron chi connectivity index (χ0n) is 30.3. The molecule has 0 amide bonds. The van der Waals surface area contributed by atoms with Crippen LogP contribution in [0.1, 0.15) is 74.1 Å². The summed E-state index contributed by atoms with van der Waals surface area (Å²) in [7, 11) is 0. The van der Waals surface area contributed by atoms with Gasteiger partial charge in [0.1, 0.15) is 11.6 Å². The van der Waals surface area contributed by atoms with Crippen LogP contribution < -0.4 is 0 Å². The number of alkyl halides is 3. The molecule has 57 heavy (non-hydrogen) atoms. The fraction of sp³-hybridized carbons (Fsp3) is 0.143. The van der Waals surface area contributed by atoms with Gasteiger partial charge in [0.05, 0.1) is 5.56 Å². The highest BCUT2D eigenvalue weighted by Gasteiger charge is 2.46. The van der Waals surface area contributed by atoms with Crippen LogP contribution in [0.5, 0.6) is 0 Å². The molecular formula is C49H35Cl3F5. The molecule has 0 bridgehead atoms. The Morgan fingerprint density at radius 2 is 1.12 bits per heavy atom. The minimum absolute atomic E-state index is 0.0193. The van der Waals surface area contributed by atoms with Gasteiger partial charge in [0.2, 0.25) is 0 Å². The van der Waals surface area contributed by atoms with Gasteiger partial charge in [0.25, 0.3) is 0 Å². The van der Waals surface area contributed by atoms with Crippen molar-refractivity contribution in [1.82, 2.24) is 0 Å². The maximum atomic E-state index is 16.9. The molecule has 5 atom stereocenters. The number of halogens is 8. The molecule has 5 unspecified atom stereocenters. The van der Waals surface area contributed by atoms with E-state index in [1.807, 2.05) is 36.4 Å². The van der Waals surface area contributed by atoms with Crippen molar-refractivity contribution in [3.8, 4) is 0 Å². The Hall–Kier alpha value is -4.94. The predicted molar refractivity (Wildman–Crippen MR) is 220 cm³/mol. The van der Waals surface area contributed by atoms with Crippen molar-refractivity contribution in [3.05, 3.63) is 247 Å². The summed E-state index contributed by atoms with van der Waals surface area (Å²) in [6.07, 6.45) is -4.45. The summed E-state index contributed by atoms with van der Waals surface area (Å²) in [6.45, 7) is 0. The standard InChI is InChI=1S/C49H35Cl3F5/c50-35-18-11-17-34(30-35)46(45(33-15-5-2-6-16-33)39(29-31-25-27-36(53)28-26-31)47-41(51)22-12-23-42(47)52)48(38-20-8-10-24-43(38)54)44(32-13-3-1-4-14-32)37-19-7-9-21-40(37)49(55,56)57/h2-28,30,39,44-46,48H,29H2. The molecule has 0 aromatic heterocycles. The van der Waals surface area contributed by atoms with E-state index in [1.165, 1.54) is 30.3 Å². The van der Waals surface area contributed by atoms with Gasteiger partial charge in [-0.05, 0) is 118 Å². The average Bonchev–Trinajstić information content (AvgIpc) is 3.20. The largest absolute Gasteiger partial charge is 0.416 e. The van der Waals surface area contributed by atoms with E-state index in [0.29, 0.717) is 31.8 Å². The molecule has 287 valence electrons.